The molecule has 0 fully saturated rings. The molecule has 0 atom stereocenters. The fraction of sp³-hybridized carbons (Fsp3) is 0.182. The topological polar surface area (TPSA) is 55.1 Å². The van der Waals surface area contributed by atoms with Crippen LogP contribution in [0.15, 0.2) is 36.9 Å². The van der Waals surface area contributed by atoms with Crippen molar-refractivity contribution in [3.05, 3.63) is 42.5 Å². The Morgan fingerprint density at radius 1 is 1.57 bits per heavy atom. The van der Waals surface area contributed by atoms with Crippen molar-refractivity contribution in [2.45, 2.75) is 13.0 Å². The van der Waals surface area contributed by atoms with Crippen LogP contribution in [0.4, 0.5) is 5.69 Å². The highest BCUT2D eigenvalue weighted by atomic mass is 16.1. The first-order valence-corrected chi connectivity index (χ1v) is 4.46. The summed E-state index contributed by atoms with van der Waals surface area (Å²) < 4.78 is 0. The van der Waals surface area contributed by atoms with Crippen molar-refractivity contribution >= 4 is 11.6 Å². The average Bonchev–Trinajstić information content (AvgIpc) is 2.18. The zero-order valence-electron chi connectivity index (χ0n) is 7.99. The van der Waals surface area contributed by atoms with Crippen molar-refractivity contribution in [1.29, 1.82) is 0 Å². The van der Waals surface area contributed by atoms with Gasteiger partial charge in [0.25, 0.3) is 0 Å². The lowest BCUT2D eigenvalue weighted by molar-refractivity contribution is -0.115. The molecule has 0 aliphatic rings. The lowest BCUT2D eigenvalue weighted by Crippen LogP contribution is -2.10. The van der Waals surface area contributed by atoms with Crippen molar-refractivity contribution < 1.29 is 4.79 Å². The highest BCUT2D eigenvalue weighted by Gasteiger charge is 1.99. The van der Waals surface area contributed by atoms with Gasteiger partial charge in [0.2, 0.25) is 5.91 Å². The number of hydrogen-bond donors (Lipinski definition) is 2. The maximum Gasteiger partial charge on any atom is 0.228 e. The SMILES string of the molecule is C=CCC(=O)Nc1cccc(CN)c1. The molecule has 0 spiro atoms. The van der Waals surface area contributed by atoms with Gasteiger partial charge >= 0.3 is 0 Å². The van der Waals surface area contributed by atoms with Crippen molar-refractivity contribution in [1.82, 2.24) is 0 Å². The molecule has 0 aromatic heterocycles. The predicted molar refractivity (Wildman–Crippen MR) is 57.8 cm³/mol. The van der Waals surface area contributed by atoms with Gasteiger partial charge in [-0.05, 0) is 17.7 Å². The summed E-state index contributed by atoms with van der Waals surface area (Å²) in [6.07, 6.45) is 1.90. The molecule has 3 nitrogen and oxygen atoms in total. The first-order valence-electron chi connectivity index (χ1n) is 4.46. The summed E-state index contributed by atoms with van der Waals surface area (Å²) in [5.74, 6) is -0.0610. The maximum absolute atomic E-state index is 11.2. The fourth-order valence-electron chi connectivity index (χ4n) is 1.12. The van der Waals surface area contributed by atoms with Crippen molar-refractivity contribution in [3.8, 4) is 0 Å². The molecule has 0 saturated carbocycles. The Morgan fingerprint density at radius 3 is 3.00 bits per heavy atom. The number of nitrogens with one attached hydrogen (secondary N) is 1. The molecular weight excluding hydrogens is 176 g/mol. The Bertz CT molecular complexity index is 334. The van der Waals surface area contributed by atoms with Crippen LogP contribution in [-0.2, 0) is 11.3 Å². The van der Waals surface area contributed by atoms with Crippen molar-refractivity contribution in [2.24, 2.45) is 5.73 Å². The van der Waals surface area contributed by atoms with Gasteiger partial charge < -0.3 is 11.1 Å². The van der Waals surface area contributed by atoms with E-state index in [1.54, 1.807) is 6.08 Å². The van der Waals surface area contributed by atoms with E-state index in [0.29, 0.717) is 13.0 Å². The van der Waals surface area contributed by atoms with Crippen LogP contribution in [0.3, 0.4) is 0 Å². The first-order chi connectivity index (χ1) is 6.76. The molecule has 1 amide bonds. The van der Waals surface area contributed by atoms with Crippen LogP contribution in [0.2, 0.25) is 0 Å². The third-order valence-corrected chi connectivity index (χ3v) is 1.78. The van der Waals surface area contributed by atoms with E-state index < -0.39 is 0 Å². The van der Waals surface area contributed by atoms with E-state index in [1.165, 1.54) is 0 Å². The lowest BCUT2D eigenvalue weighted by atomic mass is 10.2. The van der Waals surface area contributed by atoms with E-state index >= 15 is 0 Å². The second-order valence-electron chi connectivity index (χ2n) is 2.95. The molecule has 1 rings (SSSR count). The number of carbonyl (C=O) groups excluding carboxylic acids is 1. The van der Waals surface area contributed by atoms with Crippen LogP contribution >= 0.6 is 0 Å². The number of anilines is 1. The molecule has 0 saturated heterocycles. The second kappa shape index (κ2) is 5.19. The van der Waals surface area contributed by atoms with E-state index in [4.69, 9.17) is 5.73 Å². The van der Waals surface area contributed by atoms with Gasteiger partial charge in [-0.1, -0.05) is 18.2 Å². The second-order valence-corrected chi connectivity index (χ2v) is 2.95. The van der Waals surface area contributed by atoms with Gasteiger partial charge in [0.05, 0.1) is 0 Å². The summed E-state index contributed by atoms with van der Waals surface area (Å²) in [4.78, 5) is 11.2. The van der Waals surface area contributed by atoms with Gasteiger partial charge in [0.1, 0.15) is 0 Å². The summed E-state index contributed by atoms with van der Waals surface area (Å²) in [6.45, 7) is 3.97. The summed E-state index contributed by atoms with van der Waals surface area (Å²) in [7, 11) is 0. The van der Waals surface area contributed by atoms with Gasteiger partial charge in [-0.25, -0.2) is 0 Å². The summed E-state index contributed by atoms with van der Waals surface area (Å²) in [6, 6.07) is 7.48. The third kappa shape index (κ3) is 3.03. The number of hydrogen-bond acceptors (Lipinski definition) is 2. The van der Waals surface area contributed by atoms with Crippen molar-refractivity contribution in [3.63, 3.8) is 0 Å². The summed E-state index contributed by atoms with van der Waals surface area (Å²) in [5, 5.41) is 2.75. The smallest absolute Gasteiger partial charge is 0.228 e. The van der Waals surface area contributed by atoms with E-state index in [9.17, 15) is 4.79 Å². The van der Waals surface area contributed by atoms with Gasteiger partial charge in [-0.2, -0.15) is 0 Å². The molecule has 1 aromatic carbocycles. The number of amides is 1. The minimum atomic E-state index is -0.0610. The van der Waals surface area contributed by atoms with Crippen molar-refractivity contribution in [2.75, 3.05) is 5.32 Å². The Labute approximate surface area is 83.6 Å². The molecule has 0 bridgehead atoms. The Balaban J connectivity index is 2.66. The molecule has 3 heteroatoms. The fourth-order valence-corrected chi connectivity index (χ4v) is 1.12. The molecule has 14 heavy (non-hydrogen) atoms. The molecule has 74 valence electrons. The monoisotopic (exact) mass is 190 g/mol. The Kier molecular flexibility index (Phi) is 3.88. The number of rotatable bonds is 4. The Morgan fingerprint density at radius 2 is 2.36 bits per heavy atom. The van der Waals surface area contributed by atoms with Crippen LogP contribution in [0.5, 0.6) is 0 Å². The number of nitrogens with two attached hydrogens (primary N) is 1. The van der Waals surface area contributed by atoms with Gasteiger partial charge in [0, 0.05) is 18.7 Å². The van der Waals surface area contributed by atoms with E-state index in [-0.39, 0.29) is 5.91 Å². The predicted octanol–water partition coefficient (Wildman–Crippen LogP) is 1.66. The number of benzene rings is 1. The van der Waals surface area contributed by atoms with E-state index in [0.717, 1.165) is 11.3 Å². The van der Waals surface area contributed by atoms with Crippen LogP contribution in [0.1, 0.15) is 12.0 Å². The highest BCUT2D eigenvalue weighted by molar-refractivity contribution is 5.91. The van der Waals surface area contributed by atoms with Crippen LogP contribution in [0, 0.1) is 0 Å². The summed E-state index contributed by atoms with van der Waals surface area (Å²) >= 11 is 0. The highest BCUT2D eigenvalue weighted by Crippen LogP contribution is 2.10. The first kappa shape index (κ1) is 10.5. The normalized spacial score (nSPS) is 9.50. The zero-order chi connectivity index (χ0) is 10.4. The number of carbonyl (C=O) groups is 1. The summed E-state index contributed by atoms with van der Waals surface area (Å²) in [5.41, 5.74) is 7.26. The molecule has 0 heterocycles. The lowest BCUT2D eigenvalue weighted by Gasteiger charge is -2.04. The maximum atomic E-state index is 11.2. The van der Waals surface area contributed by atoms with Gasteiger partial charge in [0.15, 0.2) is 0 Å². The molecule has 0 aliphatic carbocycles. The molecular formula is C11H14N2O. The minimum absolute atomic E-state index is 0.0610. The quantitative estimate of drug-likeness (QED) is 0.709. The largest absolute Gasteiger partial charge is 0.326 e. The van der Waals surface area contributed by atoms with Gasteiger partial charge in [-0.3, -0.25) is 4.79 Å². The molecule has 0 unspecified atom stereocenters. The molecule has 1 aromatic rings. The third-order valence-electron chi connectivity index (χ3n) is 1.78. The van der Waals surface area contributed by atoms with E-state index in [2.05, 4.69) is 11.9 Å². The molecule has 0 radical (unpaired) electrons. The standard InChI is InChI=1S/C11H14N2O/c1-2-4-11(14)13-10-6-3-5-9(7-10)8-12/h2-3,5-7H,1,4,8,12H2,(H,13,14). The zero-order valence-corrected chi connectivity index (χ0v) is 7.99. The van der Waals surface area contributed by atoms with Crippen LogP contribution < -0.4 is 11.1 Å². The van der Waals surface area contributed by atoms with Gasteiger partial charge in [-0.15, -0.1) is 6.58 Å². The van der Waals surface area contributed by atoms with Crippen LogP contribution in [-0.4, -0.2) is 5.91 Å². The van der Waals surface area contributed by atoms with Crippen LogP contribution in [0.25, 0.3) is 0 Å². The average molecular weight is 190 g/mol. The Hall–Kier alpha value is -1.61. The molecule has 0 aliphatic heterocycles. The minimum Gasteiger partial charge on any atom is -0.326 e. The van der Waals surface area contributed by atoms with E-state index in [1.807, 2.05) is 24.3 Å². The molecule has 3 N–H and O–H groups in total.